The number of anilines is 1. The van der Waals surface area contributed by atoms with Gasteiger partial charge in [-0.15, -0.1) is 0 Å². The molecule has 1 aromatic carbocycles. The summed E-state index contributed by atoms with van der Waals surface area (Å²) in [4.78, 5) is 7.26. The van der Waals surface area contributed by atoms with E-state index in [1.807, 2.05) is 16.8 Å². The lowest BCUT2D eigenvalue weighted by atomic mass is 10.1. The molecule has 0 spiro atoms. The number of hydrogen-bond donors (Lipinski definition) is 0. The van der Waals surface area contributed by atoms with Crippen LogP contribution in [0.1, 0.15) is 24.1 Å². The van der Waals surface area contributed by atoms with Crippen LogP contribution >= 0.6 is 0 Å². The van der Waals surface area contributed by atoms with Gasteiger partial charge in [-0.05, 0) is 32.3 Å². The highest BCUT2D eigenvalue weighted by atomic mass is 15.4. The minimum Gasteiger partial charge on any atom is -0.356 e. The Kier molecular flexibility index (Phi) is 3.10. The topological polar surface area (TPSA) is 33.4 Å². The van der Waals surface area contributed by atoms with E-state index in [-0.39, 0.29) is 0 Å². The lowest BCUT2D eigenvalue weighted by Gasteiger charge is -2.21. The van der Waals surface area contributed by atoms with Crippen molar-refractivity contribution in [2.75, 3.05) is 18.0 Å². The molecule has 3 aromatic rings. The number of rotatable bonds is 2. The van der Waals surface area contributed by atoms with Crippen LogP contribution in [-0.2, 0) is 0 Å². The maximum absolute atomic E-state index is 4.82. The van der Waals surface area contributed by atoms with Crippen LogP contribution in [0.5, 0.6) is 0 Å². The van der Waals surface area contributed by atoms with Crippen molar-refractivity contribution in [1.29, 1.82) is 0 Å². The van der Waals surface area contributed by atoms with Gasteiger partial charge in [0.1, 0.15) is 5.82 Å². The SMILES string of the molecule is Cc1nc2c(-c3ccccc3)cnn2c(N2CCCC2)c1C. The second-order valence-corrected chi connectivity index (χ2v) is 6.00. The molecule has 2 aromatic heterocycles. The zero-order chi connectivity index (χ0) is 15.1. The van der Waals surface area contributed by atoms with E-state index in [0.717, 1.165) is 30.0 Å². The smallest absolute Gasteiger partial charge is 0.165 e. The molecule has 0 saturated carbocycles. The van der Waals surface area contributed by atoms with Gasteiger partial charge in [0.25, 0.3) is 0 Å². The maximum Gasteiger partial charge on any atom is 0.165 e. The third-order valence-electron chi connectivity index (χ3n) is 4.59. The number of aryl methyl sites for hydroxylation is 1. The largest absolute Gasteiger partial charge is 0.356 e. The van der Waals surface area contributed by atoms with E-state index in [9.17, 15) is 0 Å². The Morgan fingerprint density at radius 3 is 2.45 bits per heavy atom. The van der Waals surface area contributed by atoms with Crippen LogP contribution in [0.3, 0.4) is 0 Å². The Labute approximate surface area is 130 Å². The van der Waals surface area contributed by atoms with Gasteiger partial charge >= 0.3 is 0 Å². The van der Waals surface area contributed by atoms with Crippen LogP contribution in [0.25, 0.3) is 16.8 Å². The van der Waals surface area contributed by atoms with E-state index in [2.05, 4.69) is 48.1 Å². The van der Waals surface area contributed by atoms with Crippen molar-refractivity contribution in [1.82, 2.24) is 14.6 Å². The van der Waals surface area contributed by atoms with E-state index in [4.69, 9.17) is 4.98 Å². The summed E-state index contributed by atoms with van der Waals surface area (Å²) >= 11 is 0. The zero-order valence-corrected chi connectivity index (χ0v) is 13.1. The number of nitrogens with zero attached hydrogens (tertiary/aromatic N) is 4. The minimum absolute atomic E-state index is 0.955. The van der Waals surface area contributed by atoms with Crippen molar-refractivity contribution in [3.8, 4) is 11.1 Å². The fraction of sp³-hybridized carbons (Fsp3) is 0.333. The Bertz CT molecular complexity index is 814. The molecule has 0 amide bonds. The van der Waals surface area contributed by atoms with Crippen LogP contribution < -0.4 is 4.90 Å². The zero-order valence-electron chi connectivity index (χ0n) is 13.1. The van der Waals surface area contributed by atoms with Gasteiger partial charge in [-0.3, -0.25) is 0 Å². The molecule has 0 aliphatic carbocycles. The summed E-state index contributed by atoms with van der Waals surface area (Å²) in [6.07, 6.45) is 4.46. The Morgan fingerprint density at radius 2 is 1.73 bits per heavy atom. The third-order valence-corrected chi connectivity index (χ3v) is 4.59. The van der Waals surface area contributed by atoms with E-state index < -0.39 is 0 Å². The van der Waals surface area contributed by atoms with Gasteiger partial charge in [-0.25, -0.2) is 4.98 Å². The molecule has 3 heterocycles. The summed E-state index contributed by atoms with van der Waals surface area (Å²) in [6.45, 7) is 6.47. The second kappa shape index (κ2) is 5.13. The predicted octanol–water partition coefficient (Wildman–Crippen LogP) is 3.61. The first kappa shape index (κ1) is 13.3. The lowest BCUT2D eigenvalue weighted by Crippen LogP contribution is -2.23. The number of aromatic nitrogens is 3. The van der Waals surface area contributed by atoms with E-state index >= 15 is 0 Å². The van der Waals surface area contributed by atoms with Crippen molar-refractivity contribution in [2.45, 2.75) is 26.7 Å². The minimum atomic E-state index is 0.955. The quantitative estimate of drug-likeness (QED) is 0.723. The van der Waals surface area contributed by atoms with Gasteiger partial charge in [0, 0.05) is 29.9 Å². The molecule has 0 radical (unpaired) electrons. The molecule has 0 unspecified atom stereocenters. The monoisotopic (exact) mass is 292 g/mol. The Balaban J connectivity index is 1.97. The Hall–Kier alpha value is -2.36. The first-order chi connectivity index (χ1) is 10.8. The van der Waals surface area contributed by atoms with E-state index in [1.165, 1.54) is 29.8 Å². The van der Waals surface area contributed by atoms with Crippen LogP contribution in [0, 0.1) is 13.8 Å². The average molecular weight is 292 g/mol. The number of hydrogen-bond acceptors (Lipinski definition) is 3. The highest BCUT2D eigenvalue weighted by Gasteiger charge is 2.21. The first-order valence-electron chi connectivity index (χ1n) is 7.91. The fourth-order valence-corrected chi connectivity index (χ4v) is 3.29. The Morgan fingerprint density at radius 1 is 1.00 bits per heavy atom. The molecule has 4 nitrogen and oxygen atoms in total. The molecule has 1 aliphatic heterocycles. The van der Waals surface area contributed by atoms with E-state index in [1.54, 1.807) is 0 Å². The molecule has 1 saturated heterocycles. The predicted molar refractivity (Wildman–Crippen MR) is 89.3 cm³/mol. The molecule has 22 heavy (non-hydrogen) atoms. The molecule has 0 bridgehead atoms. The van der Waals surface area contributed by atoms with Gasteiger partial charge < -0.3 is 4.90 Å². The second-order valence-electron chi connectivity index (χ2n) is 6.00. The molecule has 0 N–H and O–H groups in total. The third kappa shape index (κ3) is 1.98. The summed E-state index contributed by atoms with van der Waals surface area (Å²) < 4.78 is 2.02. The molecule has 112 valence electrons. The van der Waals surface area contributed by atoms with Gasteiger partial charge in [-0.1, -0.05) is 30.3 Å². The lowest BCUT2D eigenvalue weighted by molar-refractivity contribution is 0.834. The summed E-state index contributed by atoms with van der Waals surface area (Å²) in [5, 5.41) is 4.65. The van der Waals surface area contributed by atoms with Crippen molar-refractivity contribution in [3.63, 3.8) is 0 Å². The van der Waals surface area contributed by atoms with Crippen LogP contribution in [-0.4, -0.2) is 27.7 Å². The highest BCUT2D eigenvalue weighted by Crippen LogP contribution is 2.30. The molecule has 4 rings (SSSR count). The van der Waals surface area contributed by atoms with E-state index in [0.29, 0.717) is 0 Å². The molecule has 1 aliphatic rings. The summed E-state index contributed by atoms with van der Waals surface area (Å²) in [6, 6.07) is 10.4. The van der Waals surface area contributed by atoms with Crippen molar-refractivity contribution < 1.29 is 0 Å². The van der Waals surface area contributed by atoms with Crippen molar-refractivity contribution >= 4 is 11.5 Å². The molecule has 1 fully saturated rings. The van der Waals surface area contributed by atoms with Gasteiger partial charge in [-0.2, -0.15) is 9.61 Å². The first-order valence-corrected chi connectivity index (χ1v) is 7.91. The van der Waals surface area contributed by atoms with Crippen LogP contribution in [0.15, 0.2) is 36.5 Å². The van der Waals surface area contributed by atoms with Crippen molar-refractivity contribution in [3.05, 3.63) is 47.8 Å². The molecular weight excluding hydrogens is 272 g/mol. The standard InChI is InChI=1S/C18H20N4/c1-13-14(2)20-17-16(15-8-4-3-5-9-15)12-19-22(17)18(13)21-10-6-7-11-21/h3-5,8-9,12H,6-7,10-11H2,1-2H3. The summed E-state index contributed by atoms with van der Waals surface area (Å²) in [5.41, 5.74) is 5.55. The van der Waals surface area contributed by atoms with Crippen molar-refractivity contribution in [2.24, 2.45) is 0 Å². The normalized spacial score (nSPS) is 14.9. The van der Waals surface area contributed by atoms with Gasteiger partial charge in [0.05, 0.1) is 6.20 Å². The molecule has 0 atom stereocenters. The van der Waals surface area contributed by atoms with Gasteiger partial charge in [0.15, 0.2) is 5.65 Å². The molecular formula is C18H20N4. The fourth-order valence-electron chi connectivity index (χ4n) is 3.29. The highest BCUT2D eigenvalue weighted by molar-refractivity contribution is 5.78. The number of benzene rings is 1. The number of fused-ring (bicyclic) bond motifs is 1. The average Bonchev–Trinajstić information content (AvgIpc) is 3.19. The summed E-state index contributed by atoms with van der Waals surface area (Å²) in [7, 11) is 0. The maximum atomic E-state index is 4.82. The van der Waals surface area contributed by atoms with Gasteiger partial charge in [0.2, 0.25) is 0 Å². The molecule has 4 heteroatoms. The van der Waals surface area contributed by atoms with Crippen LogP contribution in [0.4, 0.5) is 5.82 Å². The van der Waals surface area contributed by atoms with Crippen LogP contribution in [0.2, 0.25) is 0 Å². The summed E-state index contributed by atoms with van der Waals surface area (Å²) in [5.74, 6) is 1.21.